The molecule has 1 unspecified atom stereocenters. The number of rotatable bonds is 7. The Morgan fingerprint density at radius 2 is 2.26 bits per heavy atom. The summed E-state index contributed by atoms with van der Waals surface area (Å²) in [7, 11) is -0.189. The Bertz CT molecular complexity index is 511. The number of hydrogen-bond acceptors (Lipinski definition) is 4. The number of amides is 1. The van der Waals surface area contributed by atoms with Gasteiger partial charge < -0.3 is 10.6 Å². The number of nitrogens with zero attached hydrogens (tertiary/aromatic N) is 2. The summed E-state index contributed by atoms with van der Waals surface area (Å²) in [6, 6.07) is 1.71. The van der Waals surface area contributed by atoms with Crippen molar-refractivity contribution in [2.75, 3.05) is 32.1 Å². The monoisotopic (exact) mass is 285 g/mol. The van der Waals surface area contributed by atoms with Crippen molar-refractivity contribution in [3.05, 3.63) is 24.0 Å². The van der Waals surface area contributed by atoms with E-state index in [4.69, 9.17) is 0 Å². The second kappa shape index (κ2) is 7.20. The van der Waals surface area contributed by atoms with Crippen molar-refractivity contribution in [1.29, 1.82) is 0 Å². The molecule has 1 aromatic heterocycles. The van der Waals surface area contributed by atoms with E-state index in [-0.39, 0.29) is 5.91 Å². The molecule has 1 atom stereocenters. The minimum atomic E-state index is -2.06. The third-order valence-corrected chi connectivity index (χ3v) is 3.51. The molecule has 0 aromatic carbocycles. The fourth-order valence-electron chi connectivity index (χ4n) is 1.36. The van der Waals surface area contributed by atoms with Crippen LogP contribution in [-0.4, -0.2) is 53.2 Å². The molecule has 106 valence electrons. The topological polar surface area (TPSA) is 75.0 Å². The van der Waals surface area contributed by atoms with E-state index < -0.39 is 9.52 Å². The second-order valence-electron chi connectivity index (χ2n) is 4.43. The van der Waals surface area contributed by atoms with Gasteiger partial charge in [0.2, 0.25) is 0 Å². The molecule has 1 aromatic rings. The highest BCUT2D eigenvalue weighted by Gasteiger charge is 2.09. The van der Waals surface area contributed by atoms with E-state index >= 15 is 0 Å². The van der Waals surface area contributed by atoms with Gasteiger partial charge in [0, 0.05) is 24.6 Å². The summed E-state index contributed by atoms with van der Waals surface area (Å²) < 4.78 is 13.1. The van der Waals surface area contributed by atoms with E-state index in [2.05, 4.69) is 21.6 Å². The minimum Gasteiger partial charge on any atom is -0.351 e. The number of likely N-dealkylation sites (N-methyl/N-ethyl adjacent to an activating group) is 1. The van der Waals surface area contributed by atoms with Crippen LogP contribution in [-0.2, 0) is 16.1 Å². The Balaban J connectivity index is 2.49. The summed E-state index contributed by atoms with van der Waals surface area (Å²) in [5, 5.41) is 9.86. The van der Waals surface area contributed by atoms with E-state index in [1.165, 1.54) is 6.20 Å². The van der Waals surface area contributed by atoms with E-state index in [0.717, 1.165) is 13.1 Å². The van der Waals surface area contributed by atoms with Gasteiger partial charge >= 0.3 is 0 Å². The van der Waals surface area contributed by atoms with Gasteiger partial charge in [-0.15, -0.1) is 0 Å². The van der Waals surface area contributed by atoms with E-state index in [0.29, 0.717) is 17.9 Å². The Morgan fingerprint density at radius 1 is 1.53 bits per heavy atom. The third-order valence-electron chi connectivity index (χ3n) is 2.44. The summed E-state index contributed by atoms with van der Waals surface area (Å²) in [5.74, 6) is 3.70. The van der Waals surface area contributed by atoms with Gasteiger partial charge in [0.15, 0.2) is 12.7 Å². The predicted octanol–water partition coefficient (Wildman–Crippen LogP) is -1.34. The van der Waals surface area contributed by atoms with Crippen LogP contribution in [0.3, 0.4) is 0 Å². The smallest absolute Gasteiger partial charge is 0.253 e. The van der Waals surface area contributed by atoms with Crippen LogP contribution in [0.4, 0.5) is 0 Å². The summed E-state index contributed by atoms with van der Waals surface area (Å²) in [4.78, 5) is 11.8. The standard InChI is InChI=1S/C12H20N4O2S/c1-13-5-8-16-7-4-11(10-15-16)12(17)14-6-9-19(2,3)18/h4,7,10,13H,2,5-6,8-9H2,1,3H3/p+1. The highest BCUT2D eigenvalue weighted by atomic mass is 32.2. The Hall–Kier alpha value is -1.47. The molecule has 0 spiro atoms. The average molecular weight is 285 g/mol. The highest BCUT2D eigenvalue weighted by Crippen LogP contribution is 1.92. The summed E-state index contributed by atoms with van der Waals surface area (Å²) in [5.41, 5.74) is 0.493. The lowest BCUT2D eigenvalue weighted by Crippen LogP contribution is -2.42. The Morgan fingerprint density at radius 3 is 2.79 bits per heavy atom. The zero-order chi connectivity index (χ0) is 14.3. The number of carbonyl (C=O) groups is 1. The molecule has 0 bridgehead atoms. The fraction of sp³-hybridized carbons (Fsp3) is 0.500. The van der Waals surface area contributed by atoms with Gasteiger partial charge in [-0.25, -0.2) is 0 Å². The number of carbonyl (C=O) groups excluding carboxylic acids is 1. The molecule has 2 N–H and O–H groups in total. The second-order valence-corrected chi connectivity index (χ2v) is 7.20. The van der Waals surface area contributed by atoms with Gasteiger partial charge in [0.05, 0.1) is 12.1 Å². The van der Waals surface area contributed by atoms with Crippen LogP contribution < -0.4 is 15.3 Å². The lowest BCUT2D eigenvalue weighted by Gasteiger charge is -2.05. The van der Waals surface area contributed by atoms with E-state index in [9.17, 15) is 9.00 Å². The number of nitrogens with one attached hydrogen (secondary N) is 2. The van der Waals surface area contributed by atoms with Crippen LogP contribution in [0.1, 0.15) is 10.4 Å². The first-order valence-electron chi connectivity index (χ1n) is 6.01. The first kappa shape index (κ1) is 15.6. The van der Waals surface area contributed by atoms with Gasteiger partial charge in [-0.3, -0.25) is 9.00 Å². The van der Waals surface area contributed by atoms with Crippen LogP contribution >= 0.6 is 0 Å². The normalized spacial score (nSPS) is 13.8. The molecular formula is C12H21N4O2S+. The molecule has 0 aliphatic carbocycles. The highest BCUT2D eigenvalue weighted by molar-refractivity contribution is 7.99. The van der Waals surface area contributed by atoms with Crippen molar-refractivity contribution in [3.8, 4) is 0 Å². The molecule has 0 fully saturated rings. The minimum absolute atomic E-state index is 0.211. The maximum absolute atomic E-state index is 11.8. The molecule has 0 aliphatic rings. The predicted molar refractivity (Wildman–Crippen MR) is 76.7 cm³/mol. The Kier molecular flexibility index (Phi) is 5.91. The maximum atomic E-state index is 11.8. The van der Waals surface area contributed by atoms with Crippen molar-refractivity contribution in [3.63, 3.8) is 0 Å². The first-order valence-corrected chi connectivity index (χ1v) is 8.31. The summed E-state index contributed by atoms with van der Waals surface area (Å²) >= 11 is 0. The molecule has 19 heavy (non-hydrogen) atoms. The SMILES string of the molecule is C=S(C)(=O)CCNC(=O)c1cc[n+](CCNC)nc1. The molecule has 1 amide bonds. The average Bonchev–Trinajstić information content (AvgIpc) is 2.35. The molecule has 1 heterocycles. The zero-order valence-corrected chi connectivity index (χ0v) is 12.2. The largest absolute Gasteiger partial charge is 0.351 e. The molecule has 6 nitrogen and oxygen atoms in total. The van der Waals surface area contributed by atoms with Gasteiger partial charge in [0.25, 0.3) is 5.91 Å². The van der Waals surface area contributed by atoms with Crippen LogP contribution in [0.25, 0.3) is 0 Å². The molecule has 0 aliphatic heterocycles. The van der Waals surface area contributed by atoms with Crippen molar-refractivity contribution in [2.24, 2.45) is 0 Å². The number of hydrogen-bond donors (Lipinski definition) is 2. The lowest BCUT2D eigenvalue weighted by atomic mass is 10.3. The molecular weight excluding hydrogens is 264 g/mol. The maximum Gasteiger partial charge on any atom is 0.253 e. The molecule has 0 saturated heterocycles. The van der Waals surface area contributed by atoms with Gasteiger partial charge in [0.1, 0.15) is 6.20 Å². The molecule has 0 radical (unpaired) electrons. The van der Waals surface area contributed by atoms with Crippen LogP contribution in [0.5, 0.6) is 0 Å². The van der Waals surface area contributed by atoms with Crippen LogP contribution in [0, 0.1) is 0 Å². The zero-order valence-electron chi connectivity index (χ0n) is 11.4. The van der Waals surface area contributed by atoms with Gasteiger partial charge in [-0.2, -0.15) is 0 Å². The lowest BCUT2D eigenvalue weighted by molar-refractivity contribution is -0.752. The number of aromatic nitrogens is 2. The van der Waals surface area contributed by atoms with Crippen LogP contribution in [0.2, 0.25) is 0 Å². The summed E-state index contributed by atoms with van der Waals surface area (Å²) in [6.45, 7) is 1.92. The van der Waals surface area contributed by atoms with Gasteiger partial charge in [-0.1, -0.05) is 4.68 Å². The van der Waals surface area contributed by atoms with Crippen LogP contribution in [0.15, 0.2) is 18.5 Å². The van der Waals surface area contributed by atoms with Crippen molar-refractivity contribution in [2.45, 2.75) is 6.54 Å². The quantitative estimate of drug-likeness (QED) is 0.480. The van der Waals surface area contributed by atoms with Gasteiger partial charge in [-0.05, 0) is 27.5 Å². The molecule has 1 rings (SSSR count). The first-order chi connectivity index (χ1) is 8.92. The van der Waals surface area contributed by atoms with E-state index in [1.807, 2.05) is 7.05 Å². The molecule has 7 heteroatoms. The van der Waals surface area contributed by atoms with Crippen molar-refractivity contribution in [1.82, 2.24) is 15.7 Å². The molecule has 0 saturated carbocycles. The van der Waals surface area contributed by atoms with Crippen molar-refractivity contribution < 1.29 is 13.7 Å². The summed E-state index contributed by atoms with van der Waals surface area (Å²) in [6.07, 6.45) is 4.86. The fourth-order valence-corrected chi connectivity index (χ4v) is 1.89. The Labute approximate surface area is 114 Å². The van der Waals surface area contributed by atoms with Crippen molar-refractivity contribution >= 4 is 21.3 Å². The third kappa shape index (κ3) is 6.30. The van der Waals surface area contributed by atoms with E-state index in [1.54, 1.807) is 23.2 Å².